The minimum absolute atomic E-state index is 0.130. The Hall–Kier alpha value is -1.75. The van der Waals surface area contributed by atoms with Crippen molar-refractivity contribution >= 4 is 17.5 Å². The van der Waals surface area contributed by atoms with Gasteiger partial charge in [-0.05, 0) is 56.1 Å². The van der Waals surface area contributed by atoms with Crippen LogP contribution in [0.5, 0.6) is 0 Å². The molecule has 24 heavy (non-hydrogen) atoms. The highest BCUT2D eigenvalue weighted by atomic mass is 35.5. The molecule has 2 saturated carbocycles. The van der Waals surface area contributed by atoms with E-state index in [1.807, 2.05) is 6.07 Å². The van der Waals surface area contributed by atoms with Gasteiger partial charge in [-0.15, -0.1) is 0 Å². The first-order chi connectivity index (χ1) is 11.6. The van der Waals surface area contributed by atoms with E-state index in [0.717, 1.165) is 11.8 Å². The summed E-state index contributed by atoms with van der Waals surface area (Å²) < 4.78 is 7.35. The lowest BCUT2D eigenvalue weighted by molar-refractivity contribution is 0.0885. The Morgan fingerprint density at radius 2 is 2.33 bits per heavy atom. The van der Waals surface area contributed by atoms with Crippen molar-refractivity contribution in [2.24, 2.45) is 17.8 Å². The molecular weight excluding hydrogens is 326 g/mol. The van der Waals surface area contributed by atoms with E-state index in [0.29, 0.717) is 29.0 Å². The first-order valence-corrected chi connectivity index (χ1v) is 9.04. The molecular formula is C18H22ClN3O2. The molecule has 1 amide bonds. The first-order valence-electron chi connectivity index (χ1n) is 8.66. The molecule has 4 atom stereocenters. The van der Waals surface area contributed by atoms with Crippen molar-refractivity contribution in [2.75, 3.05) is 0 Å². The van der Waals surface area contributed by atoms with E-state index in [1.165, 1.54) is 25.7 Å². The summed E-state index contributed by atoms with van der Waals surface area (Å²) in [7, 11) is 0. The molecule has 2 aliphatic rings. The molecule has 0 saturated heterocycles. The first kappa shape index (κ1) is 15.8. The largest absolute Gasteiger partial charge is 0.454 e. The Bertz CT molecular complexity index is 738. The van der Waals surface area contributed by atoms with Gasteiger partial charge < -0.3 is 9.73 Å². The Labute approximate surface area is 146 Å². The second kappa shape index (κ2) is 6.28. The number of rotatable bonds is 5. The van der Waals surface area contributed by atoms with Gasteiger partial charge in [-0.1, -0.05) is 18.0 Å². The third-order valence-electron chi connectivity index (χ3n) is 5.60. The molecule has 128 valence electrons. The summed E-state index contributed by atoms with van der Waals surface area (Å²) in [6.45, 7) is 2.58. The van der Waals surface area contributed by atoms with Gasteiger partial charge in [-0.25, -0.2) is 0 Å². The lowest BCUT2D eigenvalue weighted by Gasteiger charge is -2.28. The number of carbonyl (C=O) groups excluding carboxylic acids is 1. The summed E-state index contributed by atoms with van der Waals surface area (Å²) in [4.78, 5) is 12.4. The zero-order valence-corrected chi connectivity index (χ0v) is 14.5. The van der Waals surface area contributed by atoms with Gasteiger partial charge in [0.1, 0.15) is 5.76 Å². The number of carbonyl (C=O) groups is 1. The molecule has 4 rings (SSSR count). The molecule has 4 unspecified atom stereocenters. The molecule has 2 bridgehead atoms. The molecule has 0 aromatic carbocycles. The van der Waals surface area contributed by atoms with Gasteiger partial charge in [0.25, 0.3) is 5.91 Å². The van der Waals surface area contributed by atoms with E-state index in [-0.39, 0.29) is 11.9 Å². The van der Waals surface area contributed by atoms with Crippen LogP contribution < -0.4 is 5.32 Å². The third kappa shape index (κ3) is 3.09. The number of fused-ring (bicyclic) bond motifs is 2. The molecule has 6 heteroatoms. The van der Waals surface area contributed by atoms with Gasteiger partial charge in [-0.2, -0.15) is 5.10 Å². The van der Waals surface area contributed by atoms with Crippen LogP contribution in [0.3, 0.4) is 0 Å². The number of hydrogen-bond acceptors (Lipinski definition) is 3. The van der Waals surface area contributed by atoms with Crippen LogP contribution in [-0.4, -0.2) is 21.7 Å². The number of hydrogen-bond donors (Lipinski definition) is 1. The van der Waals surface area contributed by atoms with Gasteiger partial charge in [0.05, 0.1) is 17.8 Å². The lowest BCUT2D eigenvalue weighted by atomic mass is 9.84. The fraction of sp³-hybridized carbons (Fsp3) is 0.556. The summed E-state index contributed by atoms with van der Waals surface area (Å²) in [5.41, 5.74) is 0. The van der Waals surface area contributed by atoms with E-state index in [9.17, 15) is 4.79 Å². The fourth-order valence-corrected chi connectivity index (χ4v) is 4.62. The maximum atomic E-state index is 12.4. The number of furan rings is 1. The molecule has 2 aromatic rings. The number of nitrogens with zero attached hydrogens (tertiary/aromatic N) is 2. The van der Waals surface area contributed by atoms with Gasteiger partial charge in [-0.3, -0.25) is 9.48 Å². The molecule has 2 aliphatic carbocycles. The highest BCUT2D eigenvalue weighted by Gasteiger charge is 2.42. The van der Waals surface area contributed by atoms with Crippen LogP contribution in [-0.2, 0) is 6.54 Å². The number of aromatic nitrogens is 2. The van der Waals surface area contributed by atoms with Crippen LogP contribution in [0.1, 0.15) is 48.9 Å². The third-order valence-corrected chi connectivity index (χ3v) is 5.79. The average Bonchev–Trinajstić information content (AvgIpc) is 3.31. The van der Waals surface area contributed by atoms with Crippen molar-refractivity contribution in [1.82, 2.24) is 15.1 Å². The Morgan fingerprint density at radius 1 is 1.46 bits per heavy atom. The van der Waals surface area contributed by atoms with E-state index in [1.54, 1.807) is 23.1 Å². The molecule has 1 N–H and O–H groups in total. The fourth-order valence-electron chi connectivity index (χ4n) is 4.46. The summed E-state index contributed by atoms with van der Waals surface area (Å²) >= 11 is 5.85. The van der Waals surface area contributed by atoms with Crippen molar-refractivity contribution in [3.8, 4) is 0 Å². The standard InChI is InChI=1S/C18H22ClN3O2/c1-11(16-7-12-2-3-13(16)6-12)21-18(23)17-5-4-15(24-17)10-22-9-14(19)8-20-22/h4-5,8-9,11-13,16H,2-3,6-7,10H2,1H3,(H,21,23). The van der Waals surface area contributed by atoms with Crippen molar-refractivity contribution in [3.63, 3.8) is 0 Å². The van der Waals surface area contributed by atoms with Crippen LogP contribution >= 0.6 is 11.6 Å². The number of nitrogens with one attached hydrogen (secondary N) is 1. The Kier molecular flexibility index (Phi) is 4.12. The van der Waals surface area contributed by atoms with Crippen LogP contribution in [0.15, 0.2) is 28.9 Å². The quantitative estimate of drug-likeness (QED) is 0.896. The summed E-state index contributed by atoms with van der Waals surface area (Å²) in [6, 6.07) is 3.74. The van der Waals surface area contributed by atoms with Crippen molar-refractivity contribution in [1.29, 1.82) is 0 Å². The van der Waals surface area contributed by atoms with E-state index >= 15 is 0 Å². The van der Waals surface area contributed by atoms with E-state index in [2.05, 4.69) is 17.3 Å². The second-order valence-electron chi connectivity index (χ2n) is 7.22. The highest BCUT2D eigenvalue weighted by Crippen LogP contribution is 2.49. The summed E-state index contributed by atoms with van der Waals surface area (Å²) in [5.74, 6) is 3.21. The van der Waals surface area contributed by atoms with Crippen molar-refractivity contribution in [3.05, 3.63) is 41.1 Å². The van der Waals surface area contributed by atoms with Gasteiger partial charge in [0.2, 0.25) is 0 Å². The maximum Gasteiger partial charge on any atom is 0.287 e. The number of amides is 1. The molecule has 2 fully saturated rings. The molecule has 5 nitrogen and oxygen atoms in total. The zero-order valence-electron chi connectivity index (χ0n) is 13.7. The van der Waals surface area contributed by atoms with Gasteiger partial charge >= 0.3 is 0 Å². The van der Waals surface area contributed by atoms with Crippen molar-refractivity contribution < 1.29 is 9.21 Å². The Balaban J connectivity index is 1.36. The molecule has 0 radical (unpaired) electrons. The zero-order chi connectivity index (χ0) is 16.7. The van der Waals surface area contributed by atoms with Crippen molar-refractivity contribution in [2.45, 2.75) is 45.2 Å². The topological polar surface area (TPSA) is 60.1 Å². The SMILES string of the molecule is CC(NC(=O)c1ccc(Cn2cc(Cl)cn2)o1)C1CC2CCC1C2. The van der Waals surface area contributed by atoms with Crippen LogP contribution in [0.2, 0.25) is 5.02 Å². The Morgan fingerprint density at radius 3 is 3.00 bits per heavy atom. The van der Waals surface area contributed by atoms with Crippen LogP contribution in [0.4, 0.5) is 0 Å². The smallest absolute Gasteiger partial charge is 0.287 e. The van der Waals surface area contributed by atoms with Gasteiger partial charge in [0, 0.05) is 12.2 Å². The second-order valence-corrected chi connectivity index (χ2v) is 7.66. The van der Waals surface area contributed by atoms with E-state index < -0.39 is 0 Å². The molecule has 0 spiro atoms. The molecule has 2 heterocycles. The van der Waals surface area contributed by atoms with Gasteiger partial charge in [0.15, 0.2) is 5.76 Å². The van der Waals surface area contributed by atoms with E-state index in [4.69, 9.17) is 16.0 Å². The predicted octanol–water partition coefficient (Wildman–Crippen LogP) is 3.73. The minimum Gasteiger partial charge on any atom is -0.454 e. The highest BCUT2D eigenvalue weighted by molar-refractivity contribution is 6.30. The predicted molar refractivity (Wildman–Crippen MR) is 90.9 cm³/mol. The minimum atomic E-state index is -0.130. The summed E-state index contributed by atoms with van der Waals surface area (Å²) in [6.07, 6.45) is 8.61. The number of halogens is 1. The normalized spacial score (nSPS) is 26.7. The lowest BCUT2D eigenvalue weighted by Crippen LogP contribution is -2.40. The summed E-state index contributed by atoms with van der Waals surface area (Å²) in [5, 5.41) is 7.82. The average molecular weight is 348 g/mol. The van der Waals surface area contributed by atoms with Crippen LogP contribution in [0, 0.1) is 17.8 Å². The van der Waals surface area contributed by atoms with Crippen LogP contribution in [0.25, 0.3) is 0 Å². The molecule has 0 aliphatic heterocycles. The monoisotopic (exact) mass is 347 g/mol. The maximum absolute atomic E-state index is 12.4. The molecule has 2 aromatic heterocycles.